The Morgan fingerprint density at radius 1 is 1.48 bits per heavy atom. The third-order valence-electron chi connectivity index (χ3n) is 4.05. The van der Waals surface area contributed by atoms with Crippen molar-refractivity contribution in [3.63, 3.8) is 0 Å². The van der Waals surface area contributed by atoms with E-state index in [1.165, 1.54) is 18.2 Å². The number of likely N-dealkylation sites (tertiary alicyclic amines) is 1. The van der Waals surface area contributed by atoms with Gasteiger partial charge in [-0.05, 0) is 44.2 Å². The molecule has 1 heterocycles. The Balaban J connectivity index is 1.89. The molecule has 0 bridgehead atoms. The van der Waals surface area contributed by atoms with Gasteiger partial charge in [-0.25, -0.2) is 4.39 Å². The van der Waals surface area contributed by atoms with Gasteiger partial charge in [0.1, 0.15) is 11.6 Å². The Hall–Kier alpha value is -2.11. The summed E-state index contributed by atoms with van der Waals surface area (Å²) in [5.41, 5.74) is 0. The number of rotatable bonds is 6. The maximum absolute atomic E-state index is 13.2. The highest BCUT2D eigenvalue weighted by Gasteiger charge is 2.28. The van der Waals surface area contributed by atoms with Crippen LogP contribution >= 0.6 is 0 Å². The van der Waals surface area contributed by atoms with Crippen LogP contribution in [0, 0.1) is 11.7 Å². The van der Waals surface area contributed by atoms with E-state index >= 15 is 0 Å². The van der Waals surface area contributed by atoms with Crippen LogP contribution in [0.15, 0.2) is 24.3 Å². The predicted octanol–water partition coefficient (Wildman–Crippen LogP) is 2.70. The van der Waals surface area contributed by atoms with Crippen LogP contribution in [0.3, 0.4) is 0 Å². The van der Waals surface area contributed by atoms with Crippen molar-refractivity contribution in [2.24, 2.45) is 5.92 Å². The van der Waals surface area contributed by atoms with E-state index in [4.69, 9.17) is 9.84 Å². The molecular weight excluding hydrogens is 301 g/mol. The number of carboxylic acids is 1. The molecule has 0 aliphatic carbocycles. The van der Waals surface area contributed by atoms with E-state index in [0.717, 1.165) is 12.8 Å². The number of carbonyl (C=O) groups excluding carboxylic acids is 1. The number of hydrogen-bond acceptors (Lipinski definition) is 3. The Morgan fingerprint density at radius 2 is 2.26 bits per heavy atom. The second kappa shape index (κ2) is 7.94. The number of hydrogen-bond donors (Lipinski definition) is 1. The molecule has 0 radical (unpaired) electrons. The number of benzene rings is 1. The second-order valence-corrected chi connectivity index (χ2v) is 5.94. The smallest absolute Gasteiger partial charge is 0.303 e. The molecule has 1 aliphatic heterocycles. The van der Waals surface area contributed by atoms with E-state index in [2.05, 4.69) is 0 Å². The summed E-state index contributed by atoms with van der Waals surface area (Å²) in [5, 5.41) is 8.76. The van der Waals surface area contributed by atoms with Crippen molar-refractivity contribution in [2.75, 3.05) is 13.1 Å². The molecule has 5 nitrogen and oxygen atoms in total. The molecule has 1 saturated heterocycles. The minimum Gasteiger partial charge on any atom is -0.481 e. The van der Waals surface area contributed by atoms with Crippen LogP contribution in [0.4, 0.5) is 4.39 Å². The van der Waals surface area contributed by atoms with Crippen molar-refractivity contribution in [1.82, 2.24) is 4.90 Å². The van der Waals surface area contributed by atoms with E-state index in [9.17, 15) is 14.0 Å². The van der Waals surface area contributed by atoms with Crippen molar-refractivity contribution in [3.8, 4) is 5.75 Å². The lowest BCUT2D eigenvalue weighted by atomic mass is 9.93. The van der Waals surface area contributed by atoms with Gasteiger partial charge in [0.15, 0.2) is 6.10 Å². The van der Waals surface area contributed by atoms with Crippen molar-refractivity contribution in [1.29, 1.82) is 0 Å². The van der Waals surface area contributed by atoms with Crippen molar-refractivity contribution >= 4 is 11.9 Å². The van der Waals surface area contributed by atoms with Crippen molar-refractivity contribution < 1.29 is 23.8 Å². The Labute approximate surface area is 135 Å². The van der Waals surface area contributed by atoms with Gasteiger partial charge in [0, 0.05) is 25.6 Å². The molecule has 1 aromatic rings. The maximum Gasteiger partial charge on any atom is 0.303 e. The first-order valence-corrected chi connectivity index (χ1v) is 7.88. The predicted molar refractivity (Wildman–Crippen MR) is 82.7 cm³/mol. The largest absolute Gasteiger partial charge is 0.481 e. The fourth-order valence-electron chi connectivity index (χ4n) is 2.88. The van der Waals surface area contributed by atoms with Gasteiger partial charge < -0.3 is 14.7 Å². The highest BCUT2D eigenvalue weighted by Crippen LogP contribution is 2.22. The summed E-state index contributed by atoms with van der Waals surface area (Å²) in [5.74, 6) is -0.824. The third-order valence-corrected chi connectivity index (χ3v) is 4.05. The standard InChI is InChI=1S/C17H22FNO4/c1-12(23-15-6-2-5-14(18)10-15)17(22)19-9-3-4-13(11-19)7-8-16(20)21/h2,5-6,10,12-13H,3-4,7-9,11H2,1H3,(H,20,21)/t12-,13+/m0/s1. The first kappa shape index (κ1) is 17.2. The number of ether oxygens (including phenoxy) is 1. The minimum atomic E-state index is -0.809. The molecule has 0 unspecified atom stereocenters. The quantitative estimate of drug-likeness (QED) is 0.874. The summed E-state index contributed by atoms with van der Waals surface area (Å²) in [6.07, 6.45) is 1.81. The number of piperidine rings is 1. The van der Waals surface area contributed by atoms with E-state index in [1.54, 1.807) is 17.9 Å². The molecule has 1 N–H and O–H groups in total. The summed E-state index contributed by atoms with van der Waals surface area (Å²) < 4.78 is 18.7. The Morgan fingerprint density at radius 3 is 2.96 bits per heavy atom. The summed E-state index contributed by atoms with van der Waals surface area (Å²) in [6.45, 7) is 2.86. The number of carbonyl (C=O) groups is 2. The molecule has 1 aliphatic rings. The highest BCUT2D eigenvalue weighted by molar-refractivity contribution is 5.81. The van der Waals surface area contributed by atoms with Gasteiger partial charge in [-0.2, -0.15) is 0 Å². The van der Waals surface area contributed by atoms with Gasteiger partial charge in [-0.15, -0.1) is 0 Å². The molecule has 0 aromatic heterocycles. The van der Waals surface area contributed by atoms with Gasteiger partial charge in [-0.1, -0.05) is 6.07 Å². The van der Waals surface area contributed by atoms with Crippen LogP contribution < -0.4 is 4.74 Å². The van der Waals surface area contributed by atoms with Gasteiger partial charge in [0.05, 0.1) is 0 Å². The van der Waals surface area contributed by atoms with Gasteiger partial charge >= 0.3 is 5.97 Å². The summed E-state index contributed by atoms with van der Waals surface area (Å²) >= 11 is 0. The zero-order chi connectivity index (χ0) is 16.8. The number of carboxylic acid groups (broad SMARTS) is 1. The monoisotopic (exact) mass is 323 g/mol. The lowest BCUT2D eigenvalue weighted by Gasteiger charge is -2.34. The molecule has 1 aromatic carbocycles. The maximum atomic E-state index is 13.2. The number of halogens is 1. The summed E-state index contributed by atoms with van der Waals surface area (Å²) in [6, 6.07) is 5.70. The molecule has 2 rings (SSSR count). The molecule has 1 amide bonds. The normalized spacial score (nSPS) is 19.2. The molecule has 6 heteroatoms. The summed E-state index contributed by atoms with van der Waals surface area (Å²) in [7, 11) is 0. The summed E-state index contributed by atoms with van der Waals surface area (Å²) in [4.78, 5) is 24.8. The minimum absolute atomic E-state index is 0.127. The Kier molecular flexibility index (Phi) is 5.96. The van der Waals surface area contributed by atoms with Crippen LogP contribution in [0.25, 0.3) is 0 Å². The number of amides is 1. The zero-order valence-electron chi connectivity index (χ0n) is 13.2. The SMILES string of the molecule is C[C@H](Oc1cccc(F)c1)C(=O)N1CCC[C@H](CCC(=O)O)C1. The first-order valence-electron chi connectivity index (χ1n) is 7.88. The van der Waals surface area contributed by atoms with Crippen LogP contribution in [-0.2, 0) is 9.59 Å². The van der Waals surface area contributed by atoms with E-state index in [1.807, 2.05) is 0 Å². The molecule has 1 fully saturated rings. The highest BCUT2D eigenvalue weighted by atomic mass is 19.1. The molecule has 2 atom stereocenters. The van der Waals surface area contributed by atoms with Crippen LogP contribution in [0.5, 0.6) is 5.75 Å². The molecule has 23 heavy (non-hydrogen) atoms. The van der Waals surface area contributed by atoms with Gasteiger partial charge in [0.2, 0.25) is 0 Å². The lowest BCUT2D eigenvalue weighted by molar-refractivity contribution is -0.140. The van der Waals surface area contributed by atoms with Crippen LogP contribution in [-0.4, -0.2) is 41.1 Å². The zero-order valence-corrected chi connectivity index (χ0v) is 13.2. The molecule has 0 spiro atoms. The molecule has 0 saturated carbocycles. The van der Waals surface area contributed by atoms with Crippen molar-refractivity contribution in [2.45, 2.75) is 38.7 Å². The average molecular weight is 323 g/mol. The number of aliphatic carboxylic acids is 1. The van der Waals surface area contributed by atoms with Gasteiger partial charge in [0.25, 0.3) is 5.91 Å². The van der Waals surface area contributed by atoms with Crippen molar-refractivity contribution in [3.05, 3.63) is 30.1 Å². The van der Waals surface area contributed by atoms with Crippen LogP contribution in [0.1, 0.15) is 32.6 Å². The average Bonchev–Trinajstić information content (AvgIpc) is 2.52. The van der Waals surface area contributed by atoms with E-state index < -0.39 is 17.9 Å². The first-order chi connectivity index (χ1) is 11.0. The van der Waals surface area contributed by atoms with E-state index in [0.29, 0.717) is 25.3 Å². The Bertz CT molecular complexity index is 563. The lowest BCUT2D eigenvalue weighted by Crippen LogP contribution is -2.45. The molecule has 126 valence electrons. The number of nitrogens with zero attached hydrogens (tertiary/aromatic N) is 1. The third kappa shape index (κ3) is 5.23. The fourth-order valence-corrected chi connectivity index (χ4v) is 2.88. The fraction of sp³-hybridized carbons (Fsp3) is 0.529. The van der Waals surface area contributed by atoms with Crippen LogP contribution in [0.2, 0.25) is 0 Å². The van der Waals surface area contributed by atoms with Gasteiger partial charge in [-0.3, -0.25) is 9.59 Å². The molecular formula is C17H22FNO4. The topological polar surface area (TPSA) is 66.8 Å². The van der Waals surface area contributed by atoms with E-state index in [-0.39, 0.29) is 18.2 Å². The second-order valence-electron chi connectivity index (χ2n) is 5.94.